The van der Waals surface area contributed by atoms with E-state index in [1.54, 1.807) is 6.92 Å². The number of anilines is 1. The summed E-state index contributed by atoms with van der Waals surface area (Å²) in [5.41, 5.74) is 6.44. The van der Waals surface area contributed by atoms with Crippen molar-refractivity contribution in [1.82, 2.24) is 14.7 Å². The van der Waals surface area contributed by atoms with Crippen LogP contribution in [0, 0.1) is 5.41 Å². The van der Waals surface area contributed by atoms with Gasteiger partial charge in [-0.3, -0.25) is 19.4 Å². The van der Waals surface area contributed by atoms with E-state index in [1.807, 2.05) is 29.2 Å². The van der Waals surface area contributed by atoms with Gasteiger partial charge in [-0.2, -0.15) is 0 Å². The lowest BCUT2D eigenvalue weighted by Gasteiger charge is -2.38. The number of nitrogens with zero attached hydrogens (tertiary/aromatic N) is 3. The summed E-state index contributed by atoms with van der Waals surface area (Å²) in [6, 6.07) is 10.0. The third-order valence-electron chi connectivity index (χ3n) is 6.90. The Labute approximate surface area is 211 Å². The van der Waals surface area contributed by atoms with E-state index < -0.39 is 0 Å². The molecule has 2 atom stereocenters. The number of carbonyl (C=O) groups is 2. The quantitative estimate of drug-likeness (QED) is 0.536. The SMILES string of the molecule is CC(=O)N1CCN(CCN2C3CCCC2CC3)CC1.CC(C)Nc1ccccc1C=N.CC(N)=O. The Bertz CT molecular complexity index is 787. The molecule has 2 amide bonds. The number of carbonyl (C=O) groups excluding carboxylic acids is 2. The zero-order valence-corrected chi connectivity index (χ0v) is 22.1. The zero-order chi connectivity index (χ0) is 25.8. The molecule has 3 heterocycles. The van der Waals surface area contributed by atoms with E-state index >= 15 is 0 Å². The smallest absolute Gasteiger partial charge is 0.219 e. The van der Waals surface area contributed by atoms with Crippen molar-refractivity contribution in [2.75, 3.05) is 44.6 Å². The molecule has 3 aliphatic heterocycles. The van der Waals surface area contributed by atoms with E-state index in [4.69, 9.17) is 5.41 Å². The highest BCUT2D eigenvalue weighted by atomic mass is 16.2. The highest BCUT2D eigenvalue weighted by Crippen LogP contribution is 2.35. The molecule has 0 saturated carbocycles. The van der Waals surface area contributed by atoms with Gasteiger partial charge in [0.05, 0.1) is 0 Å². The van der Waals surface area contributed by atoms with Crippen molar-refractivity contribution in [3.8, 4) is 0 Å². The molecule has 2 unspecified atom stereocenters. The molecule has 3 aliphatic rings. The fraction of sp³-hybridized carbons (Fsp3) is 0.667. The second-order valence-corrected chi connectivity index (χ2v) is 10.0. The molecule has 0 aliphatic carbocycles. The first-order chi connectivity index (χ1) is 16.7. The fourth-order valence-electron chi connectivity index (χ4n) is 5.20. The zero-order valence-electron chi connectivity index (χ0n) is 22.1. The van der Waals surface area contributed by atoms with Gasteiger partial charge in [0.15, 0.2) is 0 Å². The van der Waals surface area contributed by atoms with Crippen molar-refractivity contribution >= 4 is 23.7 Å². The van der Waals surface area contributed by atoms with Crippen LogP contribution in [0.5, 0.6) is 0 Å². The highest BCUT2D eigenvalue weighted by Gasteiger charge is 2.36. The molecular formula is C27H46N6O2. The van der Waals surface area contributed by atoms with Gasteiger partial charge in [0.1, 0.15) is 0 Å². The molecule has 0 aromatic heterocycles. The van der Waals surface area contributed by atoms with Crippen molar-refractivity contribution in [3.63, 3.8) is 0 Å². The summed E-state index contributed by atoms with van der Waals surface area (Å²) in [5.74, 6) is -0.103. The average Bonchev–Trinajstić information content (AvgIpc) is 3.03. The molecule has 8 nitrogen and oxygen atoms in total. The Kier molecular flexibility index (Phi) is 12.2. The molecule has 35 heavy (non-hydrogen) atoms. The maximum absolute atomic E-state index is 11.3. The summed E-state index contributed by atoms with van der Waals surface area (Å²) >= 11 is 0. The van der Waals surface area contributed by atoms with Crippen LogP contribution in [0.15, 0.2) is 24.3 Å². The Hall–Kier alpha value is -2.45. The minimum Gasteiger partial charge on any atom is -0.382 e. The average molecular weight is 487 g/mol. The van der Waals surface area contributed by atoms with Crippen LogP contribution in [0.25, 0.3) is 0 Å². The van der Waals surface area contributed by atoms with Crippen LogP contribution < -0.4 is 11.1 Å². The van der Waals surface area contributed by atoms with E-state index in [2.05, 4.69) is 34.7 Å². The van der Waals surface area contributed by atoms with Crippen LogP contribution in [0.3, 0.4) is 0 Å². The molecule has 196 valence electrons. The molecule has 1 aromatic carbocycles. The number of para-hydroxylation sites is 1. The van der Waals surface area contributed by atoms with Crippen molar-refractivity contribution in [2.45, 2.75) is 77.9 Å². The van der Waals surface area contributed by atoms with Crippen molar-refractivity contribution < 1.29 is 9.59 Å². The van der Waals surface area contributed by atoms with E-state index in [0.29, 0.717) is 6.04 Å². The molecule has 1 aromatic rings. The van der Waals surface area contributed by atoms with Crippen molar-refractivity contribution in [1.29, 1.82) is 5.41 Å². The third kappa shape index (κ3) is 9.98. The highest BCUT2D eigenvalue weighted by molar-refractivity contribution is 5.85. The lowest BCUT2D eigenvalue weighted by Crippen LogP contribution is -2.51. The number of rotatable bonds is 6. The number of hydrogen-bond donors (Lipinski definition) is 3. The molecule has 0 radical (unpaired) electrons. The van der Waals surface area contributed by atoms with Crippen LogP contribution in [-0.2, 0) is 9.59 Å². The number of piperazine rings is 1. The lowest BCUT2D eigenvalue weighted by atomic mass is 10.0. The van der Waals surface area contributed by atoms with Crippen LogP contribution in [0.4, 0.5) is 5.69 Å². The summed E-state index contributed by atoms with van der Waals surface area (Å²) in [5, 5.41) is 10.4. The summed E-state index contributed by atoms with van der Waals surface area (Å²) in [7, 11) is 0. The van der Waals surface area contributed by atoms with Gasteiger partial charge in [-0.05, 0) is 45.6 Å². The van der Waals surface area contributed by atoms with Gasteiger partial charge in [0.25, 0.3) is 0 Å². The van der Waals surface area contributed by atoms with Gasteiger partial charge in [0, 0.05) is 88.7 Å². The molecule has 8 heteroatoms. The monoisotopic (exact) mass is 486 g/mol. The molecular weight excluding hydrogens is 440 g/mol. The Morgan fingerprint density at radius 3 is 2.11 bits per heavy atom. The first-order valence-electron chi connectivity index (χ1n) is 13.1. The standard InChI is InChI=1S/C15H27N3O.C10H14N2.C2H5NO/c1-13(19)17-10-7-16(8-11-17)9-12-18-14-3-2-4-15(18)6-5-14;1-8(2)12-10-6-4-3-5-9(10)7-11;1-2(3)4/h14-15H,2-12H2,1H3;3-8,11-12H,1-2H3;1H3,(H2,3,4). The first-order valence-corrected chi connectivity index (χ1v) is 13.1. The number of nitrogens with one attached hydrogen (secondary N) is 2. The minimum atomic E-state index is -0.333. The summed E-state index contributed by atoms with van der Waals surface area (Å²) in [4.78, 5) is 27.8. The number of piperidine rings is 1. The maximum atomic E-state index is 11.3. The largest absolute Gasteiger partial charge is 0.382 e. The van der Waals surface area contributed by atoms with Crippen LogP contribution in [0.1, 0.15) is 65.4 Å². The van der Waals surface area contributed by atoms with Crippen molar-refractivity contribution in [2.24, 2.45) is 5.73 Å². The molecule has 4 rings (SSSR count). The van der Waals surface area contributed by atoms with E-state index in [9.17, 15) is 9.59 Å². The van der Waals surface area contributed by atoms with Crippen LogP contribution in [-0.4, -0.2) is 90.1 Å². The fourth-order valence-corrected chi connectivity index (χ4v) is 5.20. The van der Waals surface area contributed by atoms with Gasteiger partial charge in [0.2, 0.25) is 11.8 Å². The minimum absolute atomic E-state index is 0.230. The Balaban J connectivity index is 0.000000232. The number of nitrogens with two attached hydrogens (primary N) is 1. The molecule has 4 N–H and O–H groups in total. The normalized spacial score (nSPS) is 21.9. The first kappa shape index (κ1) is 28.8. The summed E-state index contributed by atoms with van der Waals surface area (Å²) < 4.78 is 0. The lowest BCUT2D eigenvalue weighted by molar-refractivity contribution is -0.130. The van der Waals surface area contributed by atoms with Gasteiger partial charge >= 0.3 is 0 Å². The summed E-state index contributed by atoms with van der Waals surface area (Å²) in [6.45, 7) is 13.5. The number of primary amides is 1. The Morgan fingerprint density at radius 2 is 1.60 bits per heavy atom. The maximum Gasteiger partial charge on any atom is 0.219 e. The second-order valence-electron chi connectivity index (χ2n) is 10.0. The van der Waals surface area contributed by atoms with Gasteiger partial charge in [-0.25, -0.2) is 0 Å². The van der Waals surface area contributed by atoms with Crippen LogP contribution in [0.2, 0.25) is 0 Å². The molecule has 0 spiro atoms. The molecule has 2 bridgehead atoms. The molecule has 3 fully saturated rings. The van der Waals surface area contributed by atoms with Crippen LogP contribution >= 0.6 is 0 Å². The third-order valence-corrected chi connectivity index (χ3v) is 6.90. The van der Waals surface area contributed by atoms with Gasteiger partial charge < -0.3 is 21.4 Å². The number of hydrogen-bond acceptors (Lipinski definition) is 6. The van der Waals surface area contributed by atoms with E-state index in [1.165, 1.54) is 58.3 Å². The van der Waals surface area contributed by atoms with Gasteiger partial charge in [-0.15, -0.1) is 0 Å². The second kappa shape index (κ2) is 14.8. The van der Waals surface area contributed by atoms with E-state index in [0.717, 1.165) is 49.5 Å². The van der Waals surface area contributed by atoms with Gasteiger partial charge in [-0.1, -0.05) is 24.6 Å². The molecule has 3 saturated heterocycles. The Morgan fingerprint density at radius 1 is 1.03 bits per heavy atom. The number of fused-ring (bicyclic) bond motifs is 2. The summed E-state index contributed by atoms with van der Waals surface area (Å²) in [6.07, 6.45) is 8.53. The predicted molar refractivity (Wildman–Crippen MR) is 144 cm³/mol. The van der Waals surface area contributed by atoms with Crippen molar-refractivity contribution in [3.05, 3.63) is 29.8 Å². The van der Waals surface area contributed by atoms with E-state index in [-0.39, 0.29) is 11.8 Å². The number of amides is 2. The topological polar surface area (TPSA) is 106 Å². The number of benzene rings is 1. The predicted octanol–water partition coefficient (Wildman–Crippen LogP) is 3.16.